The zero-order valence-corrected chi connectivity index (χ0v) is 14.0. The molecule has 1 N–H and O–H groups in total. The van der Waals surface area contributed by atoms with Gasteiger partial charge in [-0.1, -0.05) is 41.1 Å². The molecule has 0 spiro atoms. The molecule has 0 aromatic heterocycles. The van der Waals surface area contributed by atoms with E-state index >= 15 is 0 Å². The number of hydrogen-bond acceptors (Lipinski definition) is 2. The third-order valence-electron chi connectivity index (χ3n) is 3.44. The van der Waals surface area contributed by atoms with Gasteiger partial charge >= 0.3 is 0 Å². The van der Waals surface area contributed by atoms with Crippen LogP contribution in [0.5, 0.6) is 5.75 Å². The molecular weight excluding hydrogens is 333 g/mol. The normalized spacial score (nSPS) is 12.2. The lowest BCUT2D eigenvalue weighted by molar-refractivity contribution is 0.410. The summed E-state index contributed by atoms with van der Waals surface area (Å²) in [5.74, 6) is 0.263. The van der Waals surface area contributed by atoms with Crippen LogP contribution in [-0.4, -0.2) is 13.7 Å². The molecule has 0 aliphatic carbocycles. The number of benzene rings is 2. The van der Waals surface area contributed by atoms with Gasteiger partial charge in [0.05, 0.1) is 13.2 Å². The topological polar surface area (TPSA) is 21.3 Å². The molecule has 1 atom stereocenters. The van der Waals surface area contributed by atoms with E-state index in [1.54, 1.807) is 12.1 Å². The van der Waals surface area contributed by atoms with Crippen molar-refractivity contribution in [3.05, 3.63) is 63.4 Å². The van der Waals surface area contributed by atoms with Crippen molar-refractivity contribution in [3.8, 4) is 5.75 Å². The van der Waals surface area contributed by atoms with Gasteiger partial charge in [-0.2, -0.15) is 0 Å². The summed E-state index contributed by atoms with van der Waals surface area (Å²) in [5, 5.41) is 3.34. The molecule has 4 heteroatoms. The van der Waals surface area contributed by atoms with Crippen LogP contribution in [0.4, 0.5) is 4.39 Å². The highest BCUT2D eigenvalue weighted by atomic mass is 79.9. The highest BCUT2D eigenvalue weighted by Gasteiger charge is 2.18. The molecule has 21 heavy (non-hydrogen) atoms. The van der Waals surface area contributed by atoms with Gasteiger partial charge < -0.3 is 10.1 Å². The first-order valence-corrected chi connectivity index (χ1v) is 7.69. The second-order valence-corrected chi connectivity index (χ2v) is 5.74. The van der Waals surface area contributed by atoms with E-state index in [9.17, 15) is 4.39 Å². The fourth-order valence-corrected chi connectivity index (χ4v) is 2.57. The maximum Gasteiger partial charge on any atom is 0.132 e. The fraction of sp³-hybridized carbons (Fsp3) is 0.294. The van der Waals surface area contributed by atoms with Crippen molar-refractivity contribution in [2.75, 3.05) is 13.7 Å². The molecule has 2 rings (SSSR count). The summed E-state index contributed by atoms with van der Waals surface area (Å²) in [6.07, 6.45) is 0. The smallest absolute Gasteiger partial charge is 0.132 e. The number of methoxy groups -OCH3 is 1. The van der Waals surface area contributed by atoms with Gasteiger partial charge in [-0.05, 0) is 36.7 Å². The van der Waals surface area contributed by atoms with Crippen molar-refractivity contribution in [2.45, 2.75) is 19.9 Å². The Bertz CT molecular complexity index is 630. The zero-order chi connectivity index (χ0) is 15.4. The van der Waals surface area contributed by atoms with E-state index in [-0.39, 0.29) is 11.9 Å². The van der Waals surface area contributed by atoms with Gasteiger partial charge in [-0.15, -0.1) is 0 Å². The molecule has 0 fully saturated rings. The molecule has 0 heterocycles. The van der Waals surface area contributed by atoms with Crippen molar-refractivity contribution >= 4 is 15.9 Å². The Balaban J connectivity index is 2.45. The van der Waals surface area contributed by atoms with E-state index in [2.05, 4.69) is 27.3 Å². The van der Waals surface area contributed by atoms with E-state index in [0.29, 0.717) is 11.3 Å². The summed E-state index contributed by atoms with van der Waals surface area (Å²) < 4.78 is 20.5. The van der Waals surface area contributed by atoms with Crippen LogP contribution in [0, 0.1) is 12.7 Å². The Hall–Kier alpha value is -1.39. The maximum atomic E-state index is 14.3. The molecule has 0 saturated heterocycles. The molecule has 2 nitrogen and oxygen atoms in total. The van der Waals surface area contributed by atoms with Crippen LogP contribution < -0.4 is 10.1 Å². The standard InChI is InChI=1S/C17H19BrFNO/c1-4-20-17(12-5-8-15(18)11(2)9-12)14-7-6-13(21-3)10-16(14)19/h5-10,17,20H,4H2,1-3H3. The molecule has 2 aromatic rings. The van der Waals surface area contributed by atoms with Crippen LogP contribution in [0.2, 0.25) is 0 Å². The van der Waals surface area contributed by atoms with Gasteiger partial charge in [0.2, 0.25) is 0 Å². The Morgan fingerprint density at radius 2 is 2.00 bits per heavy atom. The molecule has 0 aliphatic rings. The first-order chi connectivity index (χ1) is 10.1. The van der Waals surface area contributed by atoms with Gasteiger partial charge in [0.25, 0.3) is 0 Å². The summed E-state index contributed by atoms with van der Waals surface area (Å²) in [7, 11) is 1.54. The van der Waals surface area contributed by atoms with E-state index < -0.39 is 0 Å². The summed E-state index contributed by atoms with van der Waals surface area (Å²) in [4.78, 5) is 0. The molecule has 0 saturated carbocycles. The van der Waals surface area contributed by atoms with Crippen LogP contribution in [0.25, 0.3) is 0 Å². The predicted molar refractivity (Wildman–Crippen MR) is 87.4 cm³/mol. The molecular formula is C17H19BrFNO. The second-order valence-electron chi connectivity index (χ2n) is 4.89. The number of aryl methyl sites for hydroxylation is 1. The van der Waals surface area contributed by atoms with E-state index in [0.717, 1.165) is 22.1 Å². The van der Waals surface area contributed by atoms with Gasteiger partial charge in [0.15, 0.2) is 0 Å². The number of ether oxygens (including phenoxy) is 1. The predicted octanol–water partition coefficient (Wildman–Crippen LogP) is 4.60. The molecule has 0 aliphatic heterocycles. The van der Waals surface area contributed by atoms with Gasteiger partial charge in [-0.25, -0.2) is 4.39 Å². The Morgan fingerprint density at radius 1 is 1.24 bits per heavy atom. The van der Waals surface area contributed by atoms with Crippen LogP contribution in [0.3, 0.4) is 0 Å². The first kappa shape index (κ1) is 16.0. The summed E-state index contributed by atoms with van der Waals surface area (Å²) in [5.41, 5.74) is 2.80. The van der Waals surface area contributed by atoms with Crippen molar-refractivity contribution < 1.29 is 9.13 Å². The molecule has 0 radical (unpaired) electrons. The van der Waals surface area contributed by atoms with Crippen molar-refractivity contribution in [1.29, 1.82) is 0 Å². The van der Waals surface area contributed by atoms with E-state index in [1.807, 2.05) is 26.0 Å². The fourth-order valence-electron chi connectivity index (χ4n) is 2.33. The van der Waals surface area contributed by atoms with Crippen LogP contribution in [0.1, 0.15) is 29.7 Å². The lowest BCUT2D eigenvalue weighted by Gasteiger charge is -2.20. The number of halogens is 2. The molecule has 1 unspecified atom stereocenters. The molecule has 0 amide bonds. The van der Waals surface area contributed by atoms with Crippen molar-refractivity contribution in [1.82, 2.24) is 5.32 Å². The number of rotatable bonds is 5. The summed E-state index contributed by atoms with van der Waals surface area (Å²) in [6.45, 7) is 4.80. The number of hydrogen-bond donors (Lipinski definition) is 1. The molecule has 2 aromatic carbocycles. The Labute approximate surface area is 133 Å². The monoisotopic (exact) mass is 351 g/mol. The highest BCUT2D eigenvalue weighted by molar-refractivity contribution is 9.10. The minimum absolute atomic E-state index is 0.173. The maximum absolute atomic E-state index is 14.3. The van der Waals surface area contributed by atoms with Gasteiger partial charge in [0.1, 0.15) is 11.6 Å². The Kier molecular flexibility index (Phi) is 5.37. The first-order valence-electron chi connectivity index (χ1n) is 6.89. The minimum Gasteiger partial charge on any atom is -0.497 e. The lowest BCUT2D eigenvalue weighted by Crippen LogP contribution is -2.23. The third-order valence-corrected chi connectivity index (χ3v) is 4.33. The van der Waals surface area contributed by atoms with Crippen LogP contribution >= 0.6 is 15.9 Å². The number of nitrogens with one attached hydrogen (secondary N) is 1. The van der Waals surface area contributed by atoms with Gasteiger partial charge in [-0.3, -0.25) is 0 Å². The lowest BCUT2D eigenvalue weighted by atomic mass is 9.96. The quantitative estimate of drug-likeness (QED) is 0.849. The largest absolute Gasteiger partial charge is 0.497 e. The molecule has 112 valence electrons. The summed E-state index contributed by atoms with van der Waals surface area (Å²) in [6, 6.07) is 10.9. The Morgan fingerprint density at radius 3 is 2.57 bits per heavy atom. The van der Waals surface area contributed by atoms with E-state index in [1.165, 1.54) is 13.2 Å². The second kappa shape index (κ2) is 7.05. The zero-order valence-electron chi connectivity index (χ0n) is 12.4. The van der Waals surface area contributed by atoms with Crippen LogP contribution in [-0.2, 0) is 0 Å². The molecule has 0 bridgehead atoms. The van der Waals surface area contributed by atoms with Crippen molar-refractivity contribution in [3.63, 3.8) is 0 Å². The average Bonchev–Trinajstić information content (AvgIpc) is 2.48. The summed E-state index contributed by atoms with van der Waals surface area (Å²) >= 11 is 3.50. The van der Waals surface area contributed by atoms with Crippen LogP contribution in [0.15, 0.2) is 40.9 Å². The van der Waals surface area contributed by atoms with Crippen molar-refractivity contribution in [2.24, 2.45) is 0 Å². The average molecular weight is 352 g/mol. The SMILES string of the molecule is CCNC(c1ccc(Br)c(C)c1)c1ccc(OC)cc1F. The minimum atomic E-state index is -0.263. The third kappa shape index (κ3) is 3.63. The van der Waals surface area contributed by atoms with E-state index in [4.69, 9.17) is 4.74 Å². The van der Waals surface area contributed by atoms with Gasteiger partial charge in [0, 0.05) is 16.1 Å². The highest BCUT2D eigenvalue weighted by Crippen LogP contribution is 2.29.